The second-order valence-electron chi connectivity index (χ2n) is 10.2. The van der Waals surface area contributed by atoms with Crippen molar-refractivity contribution in [3.8, 4) is 0 Å². The summed E-state index contributed by atoms with van der Waals surface area (Å²) in [5.74, 6) is -1.96. The maximum atomic E-state index is 13.0. The summed E-state index contributed by atoms with van der Waals surface area (Å²) in [5.41, 5.74) is 0. The maximum Gasteiger partial charge on any atom is 0.306 e. The van der Waals surface area contributed by atoms with Crippen molar-refractivity contribution >= 4 is 23.7 Å². The predicted octanol–water partition coefficient (Wildman–Crippen LogP) is 1.81. The average molecular weight is 467 g/mol. The molecule has 186 valence electrons. The lowest BCUT2D eigenvalue weighted by Crippen LogP contribution is -2.51. The average Bonchev–Trinajstić information content (AvgIpc) is 3.33. The van der Waals surface area contributed by atoms with Crippen molar-refractivity contribution in [3.05, 3.63) is 0 Å². The number of nitrogens with zero attached hydrogens (tertiary/aromatic N) is 1. The first-order valence-corrected chi connectivity index (χ1v) is 12.2. The predicted molar refractivity (Wildman–Crippen MR) is 119 cm³/mol. The molecular weight excluding hydrogens is 428 g/mol. The molecule has 3 fully saturated rings. The maximum absolute atomic E-state index is 13.0. The summed E-state index contributed by atoms with van der Waals surface area (Å²) in [7, 11) is 0. The van der Waals surface area contributed by atoms with E-state index >= 15 is 0 Å². The number of amides is 3. The molecule has 0 aliphatic carbocycles. The lowest BCUT2D eigenvalue weighted by atomic mass is 9.77. The summed E-state index contributed by atoms with van der Waals surface area (Å²) in [6.45, 7) is 12.2. The van der Waals surface area contributed by atoms with Crippen LogP contribution in [0.25, 0.3) is 0 Å². The summed E-state index contributed by atoms with van der Waals surface area (Å²) in [6, 6.07) is -0.250. The second-order valence-corrected chi connectivity index (χ2v) is 10.2. The minimum atomic E-state index is -0.788. The second kappa shape index (κ2) is 10.5. The van der Waals surface area contributed by atoms with E-state index in [1.165, 1.54) is 4.90 Å². The smallest absolute Gasteiger partial charge is 0.306 e. The Hall–Kier alpha value is -2.00. The van der Waals surface area contributed by atoms with Gasteiger partial charge < -0.3 is 19.5 Å². The third-order valence-electron chi connectivity index (χ3n) is 6.48. The summed E-state index contributed by atoms with van der Waals surface area (Å²) in [4.78, 5) is 51.8. The Morgan fingerprint density at radius 1 is 0.970 bits per heavy atom. The number of likely N-dealkylation sites (tertiary alicyclic amines) is 1. The molecule has 2 bridgehead atoms. The van der Waals surface area contributed by atoms with Gasteiger partial charge in [-0.3, -0.25) is 24.1 Å². The van der Waals surface area contributed by atoms with E-state index in [1.807, 2.05) is 13.8 Å². The lowest BCUT2D eigenvalue weighted by molar-refractivity contribution is -0.166. The number of hydrogen-bond acceptors (Lipinski definition) is 7. The Bertz CT molecular complexity index is 766. The first kappa shape index (κ1) is 25.6. The van der Waals surface area contributed by atoms with Crippen molar-refractivity contribution in [2.75, 3.05) is 6.54 Å². The van der Waals surface area contributed by atoms with Crippen LogP contribution in [0.1, 0.15) is 67.2 Å². The molecule has 0 aromatic carbocycles. The molecule has 0 aromatic rings. The quantitative estimate of drug-likeness (QED) is 0.281. The van der Waals surface area contributed by atoms with E-state index in [4.69, 9.17) is 14.2 Å². The molecule has 33 heavy (non-hydrogen) atoms. The molecule has 6 unspecified atom stereocenters. The van der Waals surface area contributed by atoms with Crippen molar-refractivity contribution in [3.63, 3.8) is 0 Å². The summed E-state index contributed by atoms with van der Waals surface area (Å²) in [6.07, 6.45) is -1.07. The van der Waals surface area contributed by atoms with E-state index in [-0.39, 0.29) is 42.7 Å². The van der Waals surface area contributed by atoms with Crippen LogP contribution in [0.5, 0.6) is 0 Å². The van der Waals surface area contributed by atoms with Crippen LogP contribution in [0.15, 0.2) is 0 Å². The number of fused-ring (bicyclic) bond motifs is 5. The zero-order valence-corrected chi connectivity index (χ0v) is 20.5. The van der Waals surface area contributed by atoms with Crippen LogP contribution in [0.4, 0.5) is 0 Å². The highest BCUT2D eigenvalue weighted by Crippen LogP contribution is 2.51. The van der Waals surface area contributed by atoms with Gasteiger partial charge in [0.2, 0.25) is 17.7 Å². The molecule has 9 heteroatoms. The van der Waals surface area contributed by atoms with Crippen LogP contribution in [-0.2, 0) is 33.4 Å². The normalized spacial score (nSPS) is 30.6. The van der Waals surface area contributed by atoms with E-state index in [9.17, 15) is 19.2 Å². The number of hydrogen-bond donors (Lipinski definition) is 1. The highest BCUT2D eigenvalue weighted by molar-refractivity contribution is 6.06. The topological polar surface area (TPSA) is 111 Å². The van der Waals surface area contributed by atoms with Crippen molar-refractivity contribution in [1.29, 1.82) is 0 Å². The van der Waals surface area contributed by atoms with Gasteiger partial charge in [-0.05, 0) is 46.5 Å². The third kappa shape index (κ3) is 5.40. The van der Waals surface area contributed by atoms with E-state index < -0.39 is 42.2 Å². The van der Waals surface area contributed by atoms with E-state index in [0.717, 1.165) is 12.8 Å². The monoisotopic (exact) mass is 466 g/mol. The first-order chi connectivity index (χ1) is 15.5. The molecule has 0 radical (unpaired) electrons. The van der Waals surface area contributed by atoms with Gasteiger partial charge in [0.1, 0.15) is 18.3 Å². The number of ether oxygens (including phenoxy) is 3. The molecule has 3 rings (SSSR count). The molecule has 0 aromatic heterocycles. The van der Waals surface area contributed by atoms with Gasteiger partial charge in [0.25, 0.3) is 0 Å². The fraction of sp³-hybridized carbons (Fsp3) is 0.833. The zero-order chi connectivity index (χ0) is 24.4. The molecule has 6 atom stereocenters. The Morgan fingerprint density at radius 2 is 1.58 bits per heavy atom. The van der Waals surface area contributed by atoms with Gasteiger partial charge in [-0.2, -0.15) is 0 Å². The summed E-state index contributed by atoms with van der Waals surface area (Å²) in [5, 5.41) is 2.82. The highest BCUT2D eigenvalue weighted by Gasteiger charge is 2.70. The summed E-state index contributed by atoms with van der Waals surface area (Å²) < 4.78 is 17.7. The number of carbonyl (C=O) groups excluding carboxylic acids is 4. The van der Waals surface area contributed by atoms with Crippen molar-refractivity contribution in [2.45, 2.75) is 104 Å². The standard InChI is InChI=1S/C24H38N2O7/c1-12(2)8-7-11-25-15(27)9-10-16(28)32-22-20-18-17(19(33-20)21(22)31-14(5)6)23(29)26(13(3)4)24(18)30/h12-14,17-22H,7-11H2,1-6H3,(H,25,27). The van der Waals surface area contributed by atoms with Crippen LogP contribution in [-0.4, -0.2) is 71.7 Å². The Morgan fingerprint density at radius 3 is 2.12 bits per heavy atom. The minimum absolute atomic E-state index is 0.0302. The SMILES string of the molecule is CC(C)CCCNC(=O)CCC(=O)OC1C(OC(C)C)C2OC1C1C(=O)N(C(C)C)C(=O)C21. The van der Waals surface area contributed by atoms with Crippen molar-refractivity contribution in [2.24, 2.45) is 17.8 Å². The Kier molecular flexibility index (Phi) is 8.16. The molecule has 3 amide bonds. The fourth-order valence-electron chi connectivity index (χ4n) is 5.08. The molecule has 0 spiro atoms. The number of rotatable bonds is 11. The molecule has 3 aliphatic rings. The van der Waals surface area contributed by atoms with Crippen molar-refractivity contribution in [1.82, 2.24) is 10.2 Å². The highest BCUT2D eigenvalue weighted by atomic mass is 16.6. The molecule has 3 aliphatic heterocycles. The van der Waals surface area contributed by atoms with Crippen LogP contribution in [0.2, 0.25) is 0 Å². The van der Waals surface area contributed by atoms with Gasteiger partial charge >= 0.3 is 5.97 Å². The van der Waals surface area contributed by atoms with Gasteiger partial charge in [0.15, 0.2) is 6.10 Å². The van der Waals surface area contributed by atoms with Gasteiger partial charge in [-0.25, -0.2) is 0 Å². The largest absolute Gasteiger partial charge is 0.457 e. The number of carbonyl (C=O) groups is 4. The molecule has 3 heterocycles. The third-order valence-corrected chi connectivity index (χ3v) is 6.48. The number of esters is 1. The lowest BCUT2D eigenvalue weighted by Gasteiger charge is -2.33. The van der Waals surface area contributed by atoms with E-state index in [1.54, 1.807) is 13.8 Å². The minimum Gasteiger partial charge on any atom is -0.457 e. The molecule has 1 N–H and O–H groups in total. The van der Waals surface area contributed by atoms with E-state index in [2.05, 4.69) is 19.2 Å². The first-order valence-electron chi connectivity index (χ1n) is 12.2. The molecule has 9 nitrogen and oxygen atoms in total. The van der Waals surface area contributed by atoms with E-state index in [0.29, 0.717) is 12.5 Å². The van der Waals surface area contributed by atoms with Crippen LogP contribution in [0, 0.1) is 17.8 Å². The van der Waals surface area contributed by atoms with Gasteiger partial charge in [-0.15, -0.1) is 0 Å². The Labute approximate surface area is 195 Å². The number of nitrogens with one attached hydrogen (secondary N) is 1. The van der Waals surface area contributed by atoms with Gasteiger partial charge in [0.05, 0.1) is 24.4 Å². The summed E-state index contributed by atoms with van der Waals surface area (Å²) >= 11 is 0. The molecule has 0 saturated carbocycles. The van der Waals surface area contributed by atoms with Crippen LogP contribution < -0.4 is 5.32 Å². The Balaban J connectivity index is 1.60. The molecule has 3 saturated heterocycles. The zero-order valence-electron chi connectivity index (χ0n) is 20.5. The molecular formula is C24H38N2O7. The fourth-order valence-corrected chi connectivity index (χ4v) is 5.08. The number of imide groups is 1. The van der Waals surface area contributed by atoms with Gasteiger partial charge in [-0.1, -0.05) is 13.8 Å². The van der Waals surface area contributed by atoms with Crippen LogP contribution >= 0.6 is 0 Å². The van der Waals surface area contributed by atoms with Gasteiger partial charge in [0, 0.05) is 19.0 Å². The van der Waals surface area contributed by atoms with Crippen molar-refractivity contribution < 1.29 is 33.4 Å². The van der Waals surface area contributed by atoms with Crippen LogP contribution in [0.3, 0.4) is 0 Å².